The Morgan fingerprint density at radius 1 is 1.35 bits per heavy atom. The molecule has 0 aliphatic heterocycles. The summed E-state index contributed by atoms with van der Waals surface area (Å²) in [7, 11) is 0. The molecule has 0 aliphatic carbocycles. The molecule has 1 aromatic carbocycles. The quantitative estimate of drug-likeness (QED) is 0.923. The zero-order valence-corrected chi connectivity index (χ0v) is 12.9. The second kappa shape index (κ2) is 6.13. The fourth-order valence-corrected chi connectivity index (χ4v) is 2.36. The highest BCUT2D eigenvalue weighted by Crippen LogP contribution is 2.24. The second-order valence-corrected chi connectivity index (χ2v) is 5.68. The van der Waals surface area contributed by atoms with Crippen molar-refractivity contribution in [1.82, 2.24) is 9.97 Å². The number of carboxylic acids is 1. The Hall–Kier alpha value is -1.75. The van der Waals surface area contributed by atoms with Crippen molar-refractivity contribution >= 4 is 21.9 Å². The first-order chi connectivity index (χ1) is 9.45. The Labute approximate surface area is 126 Å². The van der Waals surface area contributed by atoms with Gasteiger partial charge in [0.1, 0.15) is 5.82 Å². The molecule has 2 aromatic rings. The number of carboxylic acid groups (broad SMARTS) is 1. The first-order valence-corrected chi connectivity index (χ1v) is 7.08. The first-order valence-electron chi connectivity index (χ1n) is 6.29. The van der Waals surface area contributed by atoms with Gasteiger partial charge in [-0.25, -0.2) is 9.97 Å². The Morgan fingerprint density at radius 3 is 2.75 bits per heavy atom. The molecule has 4 nitrogen and oxygen atoms in total. The van der Waals surface area contributed by atoms with Crippen LogP contribution in [0.15, 0.2) is 34.8 Å². The maximum atomic E-state index is 10.8. The van der Waals surface area contributed by atoms with Crippen LogP contribution in [-0.2, 0) is 4.79 Å². The van der Waals surface area contributed by atoms with E-state index >= 15 is 0 Å². The van der Waals surface area contributed by atoms with E-state index in [1.165, 1.54) is 0 Å². The van der Waals surface area contributed by atoms with Gasteiger partial charge in [0.2, 0.25) is 0 Å². The number of hydrogen-bond acceptors (Lipinski definition) is 3. The highest BCUT2D eigenvalue weighted by Gasteiger charge is 2.15. The molecule has 0 bridgehead atoms. The van der Waals surface area contributed by atoms with Gasteiger partial charge >= 0.3 is 5.97 Å². The molecule has 0 aliphatic rings. The minimum absolute atomic E-state index is 0.0291. The van der Waals surface area contributed by atoms with E-state index in [9.17, 15) is 4.79 Å². The Kier molecular flexibility index (Phi) is 4.49. The molecule has 0 fully saturated rings. The Bertz CT molecular complexity index is 644. The molecule has 104 valence electrons. The summed E-state index contributed by atoms with van der Waals surface area (Å²) in [5.74, 6) is -0.479. The summed E-state index contributed by atoms with van der Waals surface area (Å²) in [6.45, 7) is 3.72. The lowest BCUT2D eigenvalue weighted by atomic mass is 10.1. The third-order valence-corrected chi connectivity index (χ3v) is 3.41. The molecule has 0 spiro atoms. The summed E-state index contributed by atoms with van der Waals surface area (Å²) in [6.07, 6.45) is 0.0291. The van der Waals surface area contributed by atoms with Crippen molar-refractivity contribution in [1.29, 1.82) is 0 Å². The van der Waals surface area contributed by atoms with E-state index in [4.69, 9.17) is 5.11 Å². The molecule has 0 saturated carbocycles. The highest BCUT2D eigenvalue weighted by atomic mass is 79.9. The van der Waals surface area contributed by atoms with Crippen molar-refractivity contribution in [3.05, 3.63) is 46.3 Å². The van der Waals surface area contributed by atoms with Gasteiger partial charge in [0, 0.05) is 21.6 Å². The van der Waals surface area contributed by atoms with E-state index in [0.717, 1.165) is 21.4 Å². The normalized spacial score (nSPS) is 12.2. The average molecular weight is 335 g/mol. The largest absolute Gasteiger partial charge is 0.481 e. The Morgan fingerprint density at radius 2 is 2.10 bits per heavy atom. The first kappa shape index (κ1) is 14.7. The maximum Gasteiger partial charge on any atom is 0.304 e. The number of benzene rings is 1. The minimum Gasteiger partial charge on any atom is -0.481 e. The van der Waals surface area contributed by atoms with Gasteiger partial charge in [-0.1, -0.05) is 35.0 Å². The van der Waals surface area contributed by atoms with Crippen LogP contribution in [-0.4, -0.2) is 21.0 Å². The SMILES string of the molecule is Cc1cc(-c2cccc(Br)c2)nc(C(C)CC(=O)O)n1. The molecule has 1 N–H and O–H groups in total. The van der Waals surface area contributed by atoms with Gasteiger partial charge in [0.25, 0.3) is 0 Å². The third-order valence-electron chi connectivity index (χ3n) is 2.91. The summed E-state index contributed by atoms with van der Waals surface area (Å²) < 4.78 is 0.978. The lowest BCUT2D eigenvalue weighted by Gasteiger charge is -2.11. The Balaban J connectivity index is 2.41. The number of halogens is 1. The number of aliphatic carboxylic acids is 1. The fourth-order valence-electron chi connectivity index (χ4n) is 1.96. The summed E-state index contributed by atoms with van der Waals surface area (Å²) in [5.41, 5.74) is 2.63. The summed E-state index contributed by atoms with van der Waals surface area (Å²) in [6, 6.07) is 9.74. The molecule has 1 heterocycles. The number of hydrogen-bond donors (Lipinski definition) is 1. The second-order valence-electron chi connectivity index (χ2n) is 4.76. The summed E-state index contributed by atoms with van der Waals surface area (Å²) in [4.78, 5) is 19.7. The van der Waals surface area contributed by atoms with Gasteiger partial charge in [-0.05, 0) is 25.1 Å². The van der Waals surface area contributed by atoms with E-state index in [0.29, 0.717) is 5.82 Å². The molecule has 0 saturated heterocycles. The van der Waals surface area contributed by atoms with Crippen LogP contribution in [0.4, 0.5) is 0 Å². The maximum absolute atomic E-state index is 10.8. The minimum atomic E-state index is -0.841. The zero-order chi connectivity index (χ0) is 14.7. The molecule has 0 radical (unpaired) electrons. The van der Waals surface area contributed by atoms with Crippen molar-refractivity contribution in [2.75, 3.05) is 0 Å². The van der Waals surface area contributed by atoms with E-state index < -0.39 is 5.97 Å². The van der Waals surface area contributed by atoms with E-state index in [2.05, 4.69) is 25.9 Å². The van der Waals surface area contributed by atoms with Crippen LogP contribution in [0, 0.1) is 6.92 Å². The standard InChI is InChI=1S/C15H15BrN2O2/c1-9(6-14(19)20)15-17-10(2)7-13(18-15)11-4-3-5-12(16)8-11/h3-5,7-9H,6H2,1-2H3,(H,19,20). The van der Waals surface area contributed by atoms with Crippen molar-refractivity contribution in [2.24, 2.45) is 0 Å². The molecule has 1 atom stereocenters. The van der Waals surface area contributed by atoms with Crippen LogP contribution >= 0.6 is 15.9 Å². The summed E-state index contributed by atoms with van der Waals surface area (Å²) in [5, 5.41) is 8.88. The van der Waals surface area contributed by atoms with Gasteiger partial charge in [0.05, 0.1) is 12.1 Å². The van der Waals surface area contributed by atoms with Crippen molar-refractivity contribution in [3.63, 3.8) is 0 Å². The molecule has 5 heteroatoms. The van der Waals surface area contributed by atoms with Crippen LogP contribution in [0.1, 0.15) is 30.8 Å². The summed E-state index contributed by atoms with van der Waals surface area (Å²) >= 11 is 3.44. The molecule has 20 heavy (non-hydrogen) atoms. The topological polar surface area (TPSA) is 63.1 Å². The molecule has 0 amide bonds. The van der Waals surface area contributed by atoms with Gasteiger partial charge in [-0.3, -0.25) is 4.79 Å². The van der Waals surface area contributed by atoms with E-state index in [-0.39, 0.29) is 12.3 Å². The molecule has 1 aromatic heterocycles. The number of rotatable bonds is 4. The molecule has 1 unspecified atom stereocenters. The third kappa shape index (κ3) is 3.63. The lowest BCUT2D eigenvalue weighted by molar-refractivity contribution is -0.137. The molecule has 2 rings (SSSR count). The van der Waals surface area contributed by atoms with E-state index in [1.54, 1.807) is 0 Å². The number of aromatic nitrogens is 2. The zero-order valence-electron chi connectivity index (χ0n) is 11.3. The van der Waals surface area contributed by atoms with Crippen LogP contribution < -0.4 is 0 Å². The predicted molar refractivity (Wildman–Crippen MR) is 80.6 cm³/mol. The molecular formula is C15H15BrN2O2. The van der Waals surface area contributed by atoms with Crippen LogP contribution in [0.5, 0.6) is 0 Å². The van der Waals surface area contributed by atoms with Crippen LogP contribution in [0.2, 0.25) is 0 Å². The highest BCUT2D eigenvalue weighted by molar-refractivity contribution is 9.10. The van der Waals surface area contributed by atoms with E-state index in [1.807, 2.05) is 44.2 Å². The number of aryl methyl sites for hydroxylation is 1. The fraction of sp³-hybridized carbons (Fsp3) is 0.267. The molecular weight excluding hydrogens is 320 g/mol. The number of nitrogens with zero attached hydrogens (tertiary/aromatic N) is 2. The van der Waals surface area contributed by atoms with Crippen molar-refractivity contribution < 1.29 is 9.90 Å². The van der Waals surface area contributed by atoms with Gasteiger partial charge in [0.15, 0.2) is 0 Å². The van der Waals surface area contributed by atoms with Crippen molar-refractivity contribution in [3.8, 4) is 11.3 Å². The smallest absolute Gasteiger partial charge is 0.304 e. The van der Waals surface area contributed by atoms with Crippen LogP contribution in [0.3, 0.4) is 0 Å². The number of carbonyl (C=O) groups is 1. The van der Waals surface area contributed by atoms with Gasteiger partial charge < -0.3 is 5.11 Å². The predicted octanol–water partition coefficient (Wildman–Crippen LogP) is 3.79. The van der Waals surface area contributed by atoms with Gasteiger partial charge in [-0.15, -0.1) is 0 Å². The van der Waals surface area contributed by atoms with Crippen molar-refractivity contribution in [2.45, 2.75) is 26.2 Å². The average Bonchev–Trinajstić information content (AvgIpc) is 2.37. The monoisotopic (exact) mass is 334 g/mol. The van der Waals surface area contributed by atoms with Gasteiger partial charge in [-0.2, -0.15) is 0 Å². The van der Waals surface area contributed by atoms with Crippen LogP contribution in [0.25, 0.3) is 11.3 Å². The lowest BCUT2D eigenvalue weighted by Crippen LogP contribution is -2.08.